The largest absolute Gasteiger partial charge is 0.481 e. The molecule has 10 nitrogen and oxygen atoms in total. The molecule has 0 saturated carbocycles. The summed E-state index contributed by atoms with van der Waals surface area (Å²) in [6, 6.07) is 0. The minimum Gasteiger partial charge on any atom is -0.481 e. The maximum absolute atomic E-state index is 13.4. The van der Waals surface area contributed by atoms with Crippen LogP contribution < -0.4 is 0 Å². The molecule has 10 heteroatoms. The van der Waals surface area contributed by atoms with Crippen LogP contribution in [0.2, 0.25) is 0 Å². The van der Waals surface area contributed by atoms with Crippen LogP contribution in [0.3, 0.4) is 0 Å². The number of carboxylic acids is 1. The third-order valence-corrected chi connectivity index (χ3v) is 8.84. The van der Waals surface area contributed by atoms with Gasteiger partial charge in [-0.05, 0) is 57.8 Å². The summed E-state index contributed by atoms with van der Waals surface area (Å²) < 4.78 is 10.4. The first kappa shape index (κ1) is 30.6. The molecule has 2 aliphatic carbocycles. The van der Waals surface area contributed by atoms with Crippen molar-refractivity contribution in [2.24, 2.45) is 23.2 Å². The molecule has 0 radical (unpaired) electrons. The number of cyclic esters (lactones) is 2. The Bertz CT molecular complexity index is 1240. The van der Waals surface area contributed by atoms with Crippen LogP contribution in [0, 0.1) is 23.2 Å². The number of carboxylic acid groups (broad SMARTS) is 1. The molecule has 41 heavy (non-hydrogen) atoms. The van der Waals surface area contributed by atoms with E-state index in [-0.39, 0.29) is 29.6 Å². The Kier molecular flexibility index (Phi) is 9.13. The van der Waals surface area contributed by atoms with Gasteiger partial charge in [0.05, 0.1) is 23.5 Å². The summed E-state index contributed by atoms with van der Waals surface area (Å²) in [5, 5.41) is 32.8. The summed E-state index contributed by atoms with van der Waals surface area (Å²) >= 11 is 0. The molecule has 0 amide bonds. The summed E-state index contributed by atoms with van der Waals surface area (Å²) in [5.41, 5.74) is -2.19. The van der Waals surface area contributed by atoms with Crippen molar-refractivity contribution in [1.29, 1.82) is 0 Å². The zero-order valence-electron chi connectivity index (χ0n) is 23.5. The number of ketones is 1. The number of carbonyl (C=O) groups excluding carboxylic acids is 4. The highest BCUT2D eigenvalue weighted by Gasteiger charge is 2.72. The molecule has 1 fully saturated rings. The zero-order valence-corrected chi connectivity index (χ0v) is 23.5. The van der Waals surface area contributed by atoms with Crippen LogP contribution in [0.25, 0.3) is 0 Å². The average molecular weight is 571 g/mol. The molecular weight excluding hydrogens is 532 g/mol. The number of esters is 3. The van der Waals surface area contributed by atoms with Gasteiger partial charge in [0.25, 0.3) is 0 Å². The first-order chi connectivity index (χ1) is 19.5. The van der Waals surface area contributed by atoms with E-state index >= 15 is 0 Å². The lowest BCUT2D eigenvalue weighted by Gasteiger charge is -2.45. The molecule has 1 saturated heterocycles. The standard InChI is InChI=1S/C31H38O10/c1-3-5-7-8-9-11-12-18-14-23-30(17-24(34)35)16-20-25(28(37)40-27(20)36)26(31(23,39)41-29(30)38)19(18)15-22(33)21(32)13-10-6-4-2/h3-6,14,18-19,22,26,33,39H,7-13,15-17H2,1-2H3,(H,34,35)/b5-3+,6-4+/t18-,19+,22-,26+,30-,31?/m1/s1. The summed E-state index contributed by atoms with van der Waals surface area (Å²) in [6.07, 6.45) is 11.0. The van der Waals surface area contributed by atoms with E-state index in [2.05, 4.69) is 6.08 Å². The molecule has 0 aromatic rings. The number of ether oxygens (including phenoxy) is 2. The number of allylic oxidation sites excluding steroid dienone is 5. The fourth-order valence-corrected chi connectivity index (χ4v) is 6.96. The number of aliphatic carboxylic acids is 1. The second-order valence-corrected chi connectivity index (χ2v) is 11.4. The minimum atomic E-state index is -2.42. The molecule has 3 N–H and O–H groups in total. The number of unbranched alkanes of at least 4 members (excludes halogenated alkanes) is 3. The molecule has 1 unspecified atom stereocenters. The number of Topliss-reactive ketones (excluding diaryl/α,β-unsaturated/α-hetero) is 1. The van der Waals surface area contributed by atoms with E-state index in [1.54, 1.807) is 12.2 Å². The minimum absolute atomic E-state index is 0.0291. The maximum atomic E-state index is 13.4. The van der Waals surface area contributed by atoms with Crippen molar-refractivity contribution in [3.8, 4) is 0 Å². The molecule has 4 aliphatic rings. The van der Waals surface area contributed by atoms with Crippen LogP contribution in [0.5, 0.6) is 0 Å². The molecule has 0 aromatic heterocycles. The van der Waals surface area contributed by atoms with Gasteiger partial charge in [0.1, 0.15) is 11.5 Å². The first-order valence-electron chi connectivity index (χ1n) is 14.3. The van der Waals surface area contributed by atoms with Gasteiger partial charge in [-0.3, -0.25) is 14.4 Å². The van der Waals surface area contributed by atoms with E-state index in [4.69, 9.17) is 9.47 Å². The molecule has 0 spiro atoms. The SMILES string of the molecule is C/C=C/CCCCC[C@@H]1C=C2C3(O)OC(=O)[C@@]2(CC(=O)O)CC2=C(C(=O)OC2=O)[C@@H]3[C@H]1C[C@@H](O)C(=O)CC/C=C/C. The van der Waals surface area contributed by atoms with E-state index in [0.29, 0.717) is 12.8 Å². The lowest BCUT2D eigenvalue weighted by atomic mass is 9.61. The van der Waals surface area contributed by atoms with E-state index in [1.165, 1.54) is 0 Å². The lowest BCUT2D eigenvalue weighted by molar-refractivity contribution is -0.206. The highest BCUT2D eigenvalue weighted by Crippen LogP contribution is 2.64. The van der Waals surface area contributed by atoms with Crippen molar-refractivity contribution in [1.82, 2.24) is 0 Å². The summed E-state index contributed by atoms with van der Waals surface area (Å²) in [6.45, 7) is 3.77. The van der Waals surface area contributed by atoms with Gasteiger partial charge in [-0.2, -0.15) is 0 Å². The van der Waals surface area contributed by atoms with Crippen LogP contribution in [-0.2, 0) is 33.4 Å². The fraction of sp³-hybridized carbons (Fsp3) is 0.581. The van der Waals surface area contributed by atoms with E-state index < -0.39 is 77.6 Å². The number of hydrogen-bond acceptors (Lipinski definition) is 9. The van der Waals surface area contributed by atoms with Crippen molar-refractivity contribution in [3.63, 3.8) is 0 Å². The molecule has 222 valence electrons. The Morgan fingerprint density at radius 3 is 2.46 bits per heavy atom. The highest BCUT2D eigenvalue weighted by molar-refractivity contribution is 6.14. The lowest BCUT2D eigenvalue weighted by Crippen LogP contribution is -2.51. The van der Waals surface area contributed by atoms with Crippen LogP contribution in [0.4, 0.5) is 0 Å². The first-order valence-corrected chi connectivity index (χ1v) is 14.3. The molecule has 2 aliphatic heterocycles. The topological polar surface area (TPSA) is 164 Å². The van der Waals surface area contributed by atoms with Crippen LogP contribution in [-0.4, -0.2) is 56.9 Å². The van der Waals surface area contributed by atoms with Gasteiger partial charge < -0.3 is 24.8 Å². The van der Waals surface area contributed by atoms with Crippen molar-refractivity contribution >= 4 is 29.7 Å². The Labute approximate surface area is 238 Å². The number of fused-ring (bicyclic) bond motifs is 1. The Hall–Kier alpha value is -3.37. The van der Waals surface area contributed by atoms with Gasteiger partial charge in [-0.1, -0.05) is 43.2 Å². The molecule has 4 bridgehead atoms. The summed E-state index contributed by atoms with van der Waals surface area (Å²) in [4.78, 5) is 64.1. The molecule has 2 heterocycles. The van der Waals surface area contributed by atoms with Gasteiger partial charge in [0.15, 0.2) is 5.78 Å². The van der Waals surface area contributed by atoms with Gasteiger partial charge >= 0.3 is 23.9 Å². The van der Waals surface area contributed by atoms with Crippen molar-refractivity contribution in [2.75, 3.05) is 0 Å². The average Bonchev–Trinajstić information content (AvgIpc) is 3.26. The Morgan fingerprint density at radius 1 is 1.07 bits per heavy atom. The third kappa shape index (κ3) is 5.59. The van der Waals surface area contributed by atoms with E-state index in [0.717, 1.165) is 25.7 Å². The zero-order chi connectivity index (χ0) is 29.9. The molecular formula is C31H38O10. The monoisotopic (exact) mass is 570 g/mol. The second kappa shape index (κ2) is 12.2. The fourth-order valence-electron chi connectivity index (χ4n) is 6.96. The Morgan fingerprint density at radius 2 is 1.78 bits per heavy atom. The number of rotatable bonds is 14. The normalized spacial score (nSPS) is 31.3. The predicted octanol–water partition coefficient (Wildman–Crippen LogP) is 3.47. The highest BCUT2D eigenvalue weighted by atomic mass is 16.7. The maximum Gasteiger partial charge on any atom is 0.343 e. The number of carbonyl (C=O) groups is 5. The van der Waals surface area contributed by atoms with Gasteiger partial charge in [0, 0.05) is 18.4 Å². The number of aliphatic hydroxyl groups is 2. The van der Waals surface area contributed by atoms with Gasteiger partial charge in [0.2, 0.25) is 5.79 Å². The van der Waals surface area contributed by atoms with E-state index in [9.17, 15) is 39.3 Å². The predicted molar refractivity (Wildman–Crippen MR) is 145 cm³/mol. The van der Waals surface area contributed by atoms with Crippen molar-refractivity contribution in [2.45, 2.75) is 89.9 Å². The van der Waals surface area contributed by atoms with Gasteiger partial charge in [-0.25, -0.2) is 9.59 Å². The molecule has 0 aromatic carbocycles. The van der Waals surface area contributed by atoms with Crippen molar-refractivity contribution < 1.29 is 48.8 Å². The second-order valence-electron chi connectivity index (χ2n) is 11.4. The quantitative estimate of drug-likeness (QED) is 0.122. The molecule has 4 rings (SSSR count). The van der Waals surface area contributed by atoms with Crippen LogP contribution >= 0.6 is 0 Å². The molecule has 6 atom stereocenters. The summed E-state index contributed by atoms with van der Waals surface area (Å²) in [7, 11) is 0. The van der Waals surface area contributed by atoms with E-state index in [1.807, 2.05) is 26.0 Å². The summed E-state index contributed by atoms with van der Waals surface area (Å²) in [5.74, 6) is -9.70. The third-order valence-electron chi connectivity index (χ3n) is 8.84. The van der Waals surface area contributed by atoms with Crippen LogP contribution in [0.15, 0.2) is 47.1 Å². The van der Waals surface area contributed by atoms with Crippen LogP contribution in [0.1, 0.15) is 78.1 Å². The number of hydrogen-bond donors (Lipinski definition) is 3. The number of aliphatic hydroxyl groups excluding tert-OH is 1. The Balaban J connectivity index is 1.80. The van der Waals surface area contributed by atoms with Crippen molar-refractivity contribution in [3.05, 3.63) is 47.1 Å². The smallest absolute Gasteiger partial charge is 0.343 e. The van der Waals surface area contributed by atoms with Gasteiger partial charge in [-0.15, -0.1) is 0 Å².